The van der Waals surface area contributed by atoms with Crippen LogP contribution in [0.5, 0.6) is 5.75 Å². The van der Waals surface area contributed by atoms with E-state index in [0.29, 0.717) is 6.54 Å². The van der Waals surface area contributed by atoms with Gasteiger partial charge in [-0.25, -0.2) is 4.79 Å². The Bertz CT molecular complexity index is 889. The highest BCUT2D eigenvalue weighted by Crippen LogP contribution is 2.15. The van der Waals surface area contributed by atoms with Crippen molar-refractivity contribution >= 4 is 11.9 Å². The van der Waals surface area contributed by atoms with Gasteiger partial charge >= 0.3 is 18.1 Å². The monoisotopic (exact) mass is 539 g/mol. The van der Waals surface area contributed by atoms with E-state index < -0.39 is 18.1 Å². The summed E-state index contributed by atoms with van der Waals surface area (Å²) < 4.78 is 37.6. The number of halogens is 3. The number of alkyl halides is 3. The molecule has 0 aliphatic carbocycles. The zero-order valence-corrected chi connectivity index (χ0v) is 21.8. The normalized spacial score (nSPS) is 10.9. The Balaban J connectivity index is 0.000000905. The van der Waals surface area contributed by atoms with Crippen LogP contribution in [0.25, 0.3) is 0 Å². The van der Waals surface area contributed by atoms with Gasteiger partial charge in [0.1, 0.15) is 5.75 Å². The highest BCUT2D eigenvalue weighted by molar-refractivity contribution is 5.73. The van der Waals surface area contributed by atoms with Crippen LogP contribution in [-0.4, -0.2) is 48.0 Å². The minimum Gasteiger partial charge on any atom is -0.494 e. The van der Waals surface area contributed by atoms with E-state index >= 15 is 0 Å². The first kappa shape index (κ1) is 33.0. The summed E-state index contributed by atoms with van der Waals surface area (Å²) in [6.07, 6.45) is 7.25. The molecule has 0 amide bonds. The molecule has 6 nitrogen and oxygen atoms in total. The number of carboxylic acid groups (broad SMARTS) is 2. The predicted octanol–water partition coefficient (Wildman–Crippen LogP) is 6.67. The van der Waals surface area contributed by atoms with Gasteiger partial charge in [-0.3, -0.25) is 4.79 Å². The average Bonchev–Trinajstić information content (AvgIpc) is 2.88. The molecule has 0 bridgehead atoms. The molecule has 0 saturated carbocycles. The summed E-state index contributed by atoms with van der Waals surface area (Å²) in [4.78, 5) is 19.3. The number of carboxylic acids is 2. The third-order valence-corrected chi connectivity index (χ3v) is 5.72. The fourth-order valence-corrected chi connectivity index (χ4v) is 3.64. The molecule has 3 N–H and O–H groups in total. The van der Waals surface area contributed by atoms with E-state index in [1.54, 1.807) is 0 Å². The number of carbonyl (C=O) groups is 2. The molecule has 0 heterocycles. The Morgan fingerprint density at radius 1 is 0.711 bits per heavy atom. The molecule has 0 radical (unpaired) electrons. The molecule has 2 rings (SSSR count). The Morgan fingerprint density at radius 2 is 1.24 bits per heavy atom. The number of benzene rings is 2. The van der Waals surface area contributed by atoms with Crippen LogP contribution in [0, 0.1) is 0 Å². The van der Waals surface area contributed by atoms with E-state index in [0.717, 1.165) is 38.2 Å². The number of unbranched alkanes of at least 4 members (excludes halogenated alkanes) is 6. The van der Waals surface area contributed by atoms with Crippen molar-refractivity contribution in [1.29, 1.82) is 0 Å². The second kappa shape index (κ2) is 20.0. The standard InChI is InChI=1S/C27H39NO3.C2HF3O2/c29-27(30)20-22-28-21-11-15-25-16-18-26(19-17-25)31-23-10-5-3-1-2-4-7-12-24-13-8-6-9-14-24;3-2(4,5)1(6)7/h6,8-9,13-14,16-19,28H,1-5,7,10-12,15,20-23H2,(H,29,30);(H,6,7). The van der Waals surface area contributed by atoms with Crippen LogP contribution in [0.4, 0.5) is 13.2 Å². The van der Waals surface area contributed by atoms with Crippen LogP contribution < -0.4 is 10.1 Å². The molecule has 0 aliphatic heterocycles. The van der Waals surface area contributed by atoms with E-state index in [-0.39, 0.29) is 6.42 Å². The SMILES string of the molecule is O=C(O)C(F)(F)F.O=C(O)CCNCCCc1ccc(OCCCCCCCCCc2ccccc2)cc1. The summed E-state index contributed by atoms with van der Waals surface area (Å²) in [5.74, 6) is -2.56. The number of hydrogen-bond acceptors (Lipinski definition) is 4. The van der Waals surface area contributed by atoms with Gasteiger partial charge < -0.3 is 20.3 Å². The van der Waals surface area contributed by atoms with Crippen LogP contribution in [0.1, 0.15) is 68.9 Å². The smallest absolute Gasteiger partial charge is 0.490 e. The van der Waals surface area contributed by atoms with Gasteiger partial charge in [-0.2, -0.15) is 13.2 Å². The highest BCUT2D eigenvalue weighted by Gasteiger charge is 2.38. The maximum Gasteiger partial charge on any atom is 0.490 e. The molecular weight excluding hydrogens is 499 g/mol. The number of ether oxygens (including phenoxy) is 1. The summed E-state index contributed by atoms with van der Waals surface area (Å²) in [7, 11) is 0. The van der Waals surface area contributed by atoms with Crippen LogP contribution in [0.2, 0.25) is 0 Å². The number of nitrogens with one attached hydrogen (secondary N) is 1. The van der Waals surface area contributed by atoms with E-state index in [9.17, 15) is 18.0 Å². The van der Waals surface area contributed by atoms with Gasteiger partial charge in [-0.15, -0.1) is 0 Å². The molecule has 0 unspecified atom stereocenters. The lowest BCUT2D eigenvalue weighted by Gasteiger charge is -2.08. The van der Waals surface area contributed by atoms with Crippen molar-refractivity contribution in [3.8, 4) is 5.75 Å². The molecule has 2 aromatic carbocycles. The highest BCUT2D eigenvalue weighted by atomic mass is 19.4. The Hall–Kier alpha value is -3.07. The fraction of sp³-hybridized carbons (Fsp3) is 0.517. The van der Waals surface area contributed by atoms with E-state index in [4.69, 9.17) is 19.7 Å². The van der Waals surface area contributed by atoms with E-state index in [1.165, 1.54) is 56.1 Å². The van der Waals surface area contributed by atoms with Crippen molar-refractivity contribution in [1.82, 2.24) is 5.32 Å². The molecule has 0 spiro atoms. The lowest BCUT2D eigenvalue weighted by Crippen LogP contribution is -2.21. The first-order chi connectivity index (χ1) is 18.2. The Kier molecular flexibility index (Phi) is 17.3. The average molecular weight is 540 g/mol. The number of hydrogen-bond donors (Lipinski definition) is 3. The molecule has 0 aromatic heterocycles. The quantitative estimate of drug-likeness (QED) is 0.183. The molecule has 0 saturated heterocycles. The molecule has 212 valence electrons. The Labute approximate surface area is 223 Å². The summed E-state index contributed by atoms with van der Waals surface area (Å²) in [6.45, 7) is 2.18. The lowest BCUT2D eigenvalue weighted by molar-refractivity contribution is -0.192. The number of rotatable bonds is 18. The van der Waals surface area contributed by atoms with Gasteiger partial charge in [0.05, 0.1) is 13.0 Å². The van der Waals surface area contributed by atoms with Gasteiger partial charge in [0.2, 0.25) is 0 Å². The molecule has 38 heavy (non-hydrogen) atoms. The summed E-state index contributed by atoms with van der Waals surface area (Å²) in [5.41, 5.74) is 2.75. The van der Waals surface area contributed by atoms with Crippen molar-refractivity contribution in [2.24, 2.45) is 0 Å². The third-order valence-electron chi connectivity index (χ3n) is 5.72. The zero-order chi connectivity index (χ0) is 28.1. The van der Waals surface area contributed by atoms with Crippen molar-refractivity contribution in [2.75, 3.05) is 19.7 Å². The van der Waals surface area contributed by atoms with Crippen molar-refractivity contribution in [3.05, 3.63) is 65.7 Å². The van der Waals surface area contributed by atoms with Gasteiger partial charge in [0.25, 0.3) is 0 Å². The van der Waals surface area contributed by atoms with Gasteiger partial charge in [0, 0.05) is 6.54 Å². The maximum atomic E-state index is 10.6. The minimum atomic E-state index is -5.08. The first-order valence-corrected chi connectivity index (χ1v) is 13.2. The van der Waals surface area contributed by atoms with Gasteiger partial charge in [0.15, 0.2) is 0 Å². The van der Waals surface area contributed by atoms with Gasteiger partial charge in [-0.1, -0.05) is 74.6 Å². The molecule has 2 aromatic rings. The zero-order valence-electron chi connectivity index (χ0n) is 21.8. The van der Waals surface area contributed by atoms with Crippen molar-refractivity contribution in [3.63, 3.8) is 0 Å². The van der Waals surface area contributed by atoms with Gasteiger partial charge in [-0.05, 0) is 61.9 Å². The second-order valence-electron chi connectivity index (χ2n) is 9.00. The summed E-state index contributed by atoms with van der Waals surface area (Å²) in [6, 6.07) is 19.1. The molecule has 0 atom stereocenters. The molecule has 0 fully saturated rings. The van der Waals surface area contributed by atoms with Crippen LogP contribution >= 0.6 is 0 Å². The topological polar surface area (TPSA) is 95.9 Å². The van der Waals surface area contributed by atoms with E-state index in [2.05, 4.69) is 59.9 Å². The maximum absolute atomic E-state index is 10.6. The summed E-state index contributed by atoms with van der Waals surface area (Å²) >= 11 is 0. The van der Waals surface area contributed by atoms with Crippen LogP contribution in [0.15, 0.2) is 54.6 Å². The lowest BCUT2D eigenvalue weighted by atomic mass is 10.0. The predicted molar refractivity (Wildman–Crippen MR) is 142 cm³/mol. The second-order valence-corrected chi connectivity index (χ2v) is 9.00. The summed E-state index contributed by atoms with van der Waals surface area (Å²) in [5, 5.41) is 18.9. The third kappa shape index (κ3) is 18.2. The fourth-order valence-electron chi connectivity index (χ4n) is 3.64. The van der Waals surface area contributed by atoms with Crippen LogP contribution in [-0.2, 0) is 22.4 Å². The largest absolute Gasteiger partial charge is 0.494 e. The molecule has 0 aliphatic rings. The first-order valence-electron chi connectivity index (χ1n) is 13.2. The van der Waals surface area contributed by atoms with Crippen molar-refractivity contribution in [2.45, 2.75) is 76.8 Å². The van der Waals surface area contributed by atoms with E-state index in [1.807, 2.05) is 0 Å². The minimum absolute atomic E-state index is 0.181. The number of aliphatic carboxylic acids is 2. The molecular formula is C29H40F3NO5. The van der Waals surface area contributed by atoms with Crippen LogP contribution in [0.3, 0.4) is 0 Å². The molecule has 9 heteroatoms. The van der Waals surface area contributed by atoms with Crippen molar-refractivity contribution < 1.29 is 37.7 Å². The Morgan fingerprint density at radius 3 is 1.82 bits per heavy atom. The number of aryl methyl sites for hydroxylation is 2.